The molecule has 6 nitrogen and oxygen atoms in total. The van der Waals surface area contributed by atoms with Crippen LogP contribution in [0.3, 0.4) is 0 Å². The zero-order chi connectivity index (χ0) is 18.1. The van der Waals surface area contributed by atoms with Gasteiger partial charge in [-0.05, 0) is 55.9 Å². The molecular weight excluding hydrogens is 316 g/mol. The highest BCUT2D eigenvalue weighted by Gasteiger charge is 2.34. The first kappa shape index (κ1) is 19.1. The van der Waals surface area contributed by atoms with Crippen LogP contribution >= 0.6 is 0 Å². The van der Waals surface area contributed by atoms with Crippen LogP contribution in [-0.2, 0) is 0 Å². The first-order valence-electron chi connectivity index (χ1n) is 9.18. The zero-order valence-corrected chi connectivity index (χ0v) is 15.3. The molecule has 0 spiro atoms. The minimum absolute atomic E-state index is 0.150. The summed E-state index contributed by atoms with van der Waals surface area (Å²) in [4.78, 5) is 16.7. The Morgan fingerprint density at radius 3 is 2.36 bits per heavy atom. The summed E-state index contributed by atoms with van der Waals surface area (Å²) in [6.45, 7) is 7.07. The molecule has 1 aliphatic rings. The molecule has 4 N–H and O–H groups in total. The molecule has 0 unspecified atom stereocenters. The molecule has 0 aromatic heterocycles. The van der Waals surface area contributed by atoms with Crippen molar-refractivity contribution in [1.29, 1.82) is 0 Å². The van der Waals surface area contributed by atoms with Gasteiger partial charge in [0.1, 0.15) is 5.75 Å². The smallest absolute Gasteiger partial charge is 0.251 e. The van der Waals surface area contributed by atoms with E-state index in [1.807, 2.05) is 6.92 Å². The van der Waals surface area contributed by atoms with E-state index in [0.29, 0.717) is 24.1 Å². The molecule has 1 aromatic carbocycles. The molecule has 1 fully saturated rings. The lowest BCUT2D eigenvalue weighted by atomic mass is 9.67. The quantitative estimate of drug-likeness (QED) is 0.330. The van der Waals surface area contributed by atoms with Gasteiger partial charge in [-0.3, -0.25) is 9.79 Å². The van der Waals surface area contributed by atoms with E-state index in [2.05, 4.69) is 22.9 Å². The van der Waals surface area contributed by atoms with E-state index in [-0.39, 0.29) is 11.7 Å². The Labute approximate surface area is 150 Å². The van der Waals surface area contributed by atoms with E-state index in [0.717, 1.165) is 19.0 Å². The highest BCUT2D eigenvalue weighted by Crippen LogP contribution is 2.43. The second-order valence-electron chi connectivity index (χ2n) is 6.63. The predicted molar refractivity (Wildman–Crippen MR) is 101 cm³/mol. The lowest BCUT2D eigenvalue weighted by Gasteiger charge is -2.40. The monoisotopic (exact) mass is 346 g/mol. The fourth-order valence-corrected chi connectivity index (χ4v) is 2.96. The molecule has 0 heterocycles. The van der Waals surface area contributed by atoms with Gasteiger partial charge in [-0.15, -0.1) is 0 Å². The Balaban J connectivity index is 1.75. The molecule has 2 rings (SSSR count). The van der Waals surface area contributed by atoms with Crippen molar-refractivity contribution in [3.8, 4) is 5.75 Å². The van der Waals surface area contributed by atoms with E-state index < -0.39 is 0 Å². The third-order valence-corrected chi connectivity index (χ3v) is 4.91. The van der Waals surface area contributed by atoms with Crippen LogP contribution < -0.4 is 16.0 Å². The van der Waals surface area contributed by atoms with Gasteiger partial charge >= 0.3 is 0 Å². The molecular formula is C19H30N4O2. The summed E-state index contributed by atoms with van der Waals surface area (Å²) in [7, 11) is 0. The second kappa shape index (κ2) is 9.30. The average Bonchev–Trinajstić information content (AvgIpc) is 2.58. The van der Waals surface area contributed by atoms with Crippen LogP contribution in [0.15, 0.2) is 29.3 Å². The number of rotatable bonds is 8. The maximum absolute atomic E-state index is 12.0. The summed E-state index contributed by atoms with van der Waals surface area (Å²) in [6.07, 6.45) is 5.04. The van der Waals surface area contributed by atoms with Crippen molar-refractivity contribution in [1.82, 2.24) is 16.0 Å². The molecule has 1 saturated carbocycles. The fraction of sp³-hybridized carbons (Fsp3) is 0.579. The molecule has 1 aromatic rings. The number of benzene rings is 1. The van der Waals surface area contributed by atoms with Gasteiger partial charge in [-0.1, -0.05) is 13.3 Å². The average molecular weight is 346 g/mol. The summed E-state index contributed by atoms with van der Waals surface area (Å²) < 4.78 is 0. The SMILES string of the molecule is CCNC(=NCC1(CC)CCC1)NCCNC(=O)c1ccc(O)cc1. The molecule has 0 atom stereocenters. The number of phenols is 1. The van der Waals surface area contributed by atoms with Crippen LogP contribution in [-0.4, -0.2) is 43.2 Å². The maximum atomic E-state index is 12.0. The number of amides is 1. The Bertz CT molecular complexity index is 574. The fourth-order valence-electron chi connectivity index (χ4n) is 2.96. The number of aromatic hydroxyl groups is 1. The summed E-state index contributed by atoms with van der Waals surface area (Å²) in [5.74, 6) is 0.810. The number of guanidine groups is 1. The van der Waals surface area contributed by atoms with Gasteiger partial charge in [-0.2, -0.15) is 0 Å². The minimum Gasteiger partial charge on any atom is -0.508 e. The van der Waals surface area contributed by atoms with E-state index >= 15 is 0 Å². The van der Waals surface area contributed by atoms with Crippen LogP contribution in [0.25, 0.3) is 0 Å². The van der Waals surface area contributed by atoms with E-state index in [1.54, 1.807) is 12.1 Å². The van der Waals surface area contributed by atoms with Crippen molar-refractivity contribution < 1.29 is 9.90 Å². The van der Waals surface area contributed by atoms with Gasteiger partial charge in [0.25, 0.3) is 5.91 Å². The Morgan fingerprint density at radius 1 is 1.12 bits per heavy atom. The molecule has 0 aliphatic heterocycles. The van der Waals surface area contributed by atoms with Crippen LogP contribution in [0.1, 0.15) is 49.9 Å². The van der Waals surface area contributed by atoms with Gasteiger partial charge < -0.3 is 21.1 Å². The number of carbonyl (C=O) groups is 1. The summed E-state index contributed by atoms with van der Waals surface area (Å²) >= 11 is 0. The van der Waals surface area contributed by atoms with Crippen LogP contribution in [0.5, 0.6) is 5.75 Å². The number of carbonyl (C=O) groups excluding carboxylic acids is 1. The Kier molecular flexibility index (Phi) is 7.10. The zero-order valence-electron chi connectivity index (χ0n) is 15.3. The lowest BCUT2D eigenvalue weighted by molar-refractivity contribution is 0.0954. The van der Waals surface area contributed by atoms with Crippen molar-refractivity contribution in [2.45, 2.75) is 39.5 Å². The maximum Gasteiger partial charge on any atom is 0.251 e. The topological polar surface area (TPSA) is 85.8 Å². The minimum atomic E-state index is -0.150. The molecule has 1 amide bonds. The van der Waals surface area contributed by atoms with Crippen LogP contribution in [0, 0.1) is 5.41 Å². The number of hydrogen-bond acceptors (Lipinski definition) is 3. The molecule has 0 saturated heterocycles. The van der Waals surface area contributed by atoms with Gasteiger partial charge in [0.2, 0.25) is 0 Å². The third-order valence-electron chi connectivity index (χ3n) is 4.91. The number of aliphatic imine (C=N–C) groups is 1. The standard InChI is InChI=1S/C19H30N4O2/c1-3-19(10-5-11-19)14-23-18(20-4-2)22-13-12-21-17(25)15-6-8-16(24)9-7-15/h6-9,24H,3-5,10-14H2,1-2H3,(H,21,25)(H2,20,22,23). The number of phenolic OH excluding ortho intramolecular Hbond substituents is 1. The normalized spacial score (nSPS) is 16.0. The van der Waals surface area contributed by atoms with Gasteiger partial charge in [0.05, 0.1) is 0 Å². The van der Waals surface area contributed by atoms with Gasteiger partial charge in [0, 0.05) is 31.7 Å². The molecule has 1 aliphatic carbocycles. The Hall–Kier alpha value is -2.24. The highest BCUT2D eigenvalue weighted by atomic mass is 16.3. The number of nitrogens with one attached hydrogen (secondary N) is 3. The molecule has 6 heteroatoms. The predicted octanol–water partition coefficient (Wildman–Crippen LogP) is 2.26. The van der Waals surface area contributed by atoms with Crippen molar-refractivity contribution in [3.05, 3.63) is 29.8 Å². The largest absolute Gasteiger partial charge is 0.508 e. The molecule has 0 bridgehead atoms. The summed E-state index contributed by atoms with van der Waals surface area (Å²) in [5, 5.41) is 18.6. The van der Waals surface area contributed by atoms with Crippen molar-refractivity contribution in [2.75, 3.05) is 26.2 Å². The third kappa shape index (κ3) is 5.66. The lowest BCUT2D eigenvalue weighted by Crippen LogP contribution is -2.42. The highest BCUT2D eigenvalue weighted by molar-refractivity contribution is 5.94. The van der Waals surface area contributed by atoms with E-state index in [9.17, 15) is 9.90 Å². The van der Waals surface area contributed by atoms with E-state index in [4.69, 9.17) is 4.99 Å². The molecule has 138 valence electrons. The summed E-state index contributed by atoms with van der Waals surface area (Å²) in [5.41, 5.74) is 0.934. The van der Waals surface area contributed by atoms with Crippen molar-refractivity contribution in [3.63, 3.8) is 0 Å². The van der Waals surface area contributed by atoms with Crippen molar-refractivity contribution in [2.24, 2.45) is 10.4 Å². The summed E-state index contributed by atoms with van der Waals surface area (Å²) in [6, 6.07) is 6.22. The van der Waals surface area contributed by atoms with Gasteiger partial charge in [0.15, 0.2) is 5.96 Å². The first-order chi connectivity index (χ1) is 12.1. The molecule has 25 heavy (non-hydrogen) atoms. The van der Waals surface area contributed by atoms with E-state index in [1.165, 1.54) is 37.8 Å². The van der Waals surface area contributed by atoms with Crippen molar-refractivity contribution >= 4 is 11.9 Å². The second-order valence-corrected chi connectivity index (χ2v) is 6.63. The van der Waals surface area contributed by atoms with Crippen LogP contribution in [0.4, 0.5) is 0 Å². The number of hydrogen-bond donors (Lipinski definition) is 4. The number of nitrogens with zero attached hydrogens (tertiary/aromatic N) is 1. The molecule has 0 radical (unpaired) electrons. The van der Waals surface area contributed by atoms with Gasteiger partial charge in [-0.25, -0.2) is 0 Å². The first-order valence-corrected chi connectivity index (χ1v) is 9.18. The Morgan fingerprint density at radius 2 is 1.80 bits per heavy atom. The van der Waals surface area contributed by atoms with Crippen LogP contribution in [0.2, 0.25) is 0 Å².